The van der Waals surface area contributed by atoms with Crippen molar-refractivity contribution in [3.63, 3.8) is 0 Å². The van der Waals surface area contributed by atoms with Gasteiger partial charge in [-0.05, 0) is 31.2 Å². The van der Waals surface area contributed by atoms with Crippen molar-refractivity contribution in [1.29, 1.82) is 5.26 Å². The molecule has 1 amide bonds. The Morgan fingerprint density at radius 3 is 2.67 bits per heavy atom. The Labute approximate surface area is 230 Å². The van der Waals surface area contributed by atoms with E-state index in [0.29, 0.717) is 41.7 Å². The van der Waals surface area contributed by atoms with Gasteiger partial charge in [0.1, 0.15) is 28.5 Å². The van der Waals surface area contributed by atoms with Gasteiger partial charge in [0, 0.05) is 23.8 Å². The van der Waals surface area contributed by atoms with E-state index in [1.54, 1.807) is 24.3 Å². The normalized spacial score (nSPS) is 23.9. The van der Waals surface area contributed by atoms with Crippen LogP contribution in [0.5, 0.6) is 5.88 Å². The van der Waals surface area contributed by atoms with E-state index in [1.165, 1.54) is 11.2 Å². The molecule has 3 aliphatic heterocycles. The first-order valence-corrected chi connectivity index (χ1v) is 14.5. The maximum absolute atomic E-state index is 16.6. The summed E-state index contributed by atoms with van der Waals surface area (Å²) >= 11 is 0. The molecule has 5 unspecified atom stereocenters. The molecule has 4 aromatic rings. The first-order valence-electron chi connectivity index (χ1n) is 12.9. The fourth-order valence-corrected chi connectivity index (χ4v) is 7.09. The zero-order valence-corrected chi connectivity index (χ0v) is 22.4. The van der Waals surface area contributed by atoms with E-state index in [2.05, 4.69) is 21.0 Å². The number of nitrogens with zero attached hydrogens (tertiary/aromatic N) is 6. The highest BCUT2D eigenvalue weighted by molar-refractivity contribution is 7.84. The van der Waals surface area contributed by atoms with Crippen molar-refractivity contribution in [2.75, 3.05) is 17.7 Å². The Morgan fingerprint density at radius 2 is 1.95 bits per heavy atom. The van der Waals surface area contributed by atoms with Crippen LogP contribution < -0.4 is 9.64 Å². The molecule has 0 aliphatic carbocycles. The number of halogens is 1. The minimum absolute atomic E-state index is 0.0403. The Balaban J connectivity index is 1.52. The van der Waals surface area contributed by atoms with Gasteiger partial charge in [0.25, 0.3) is 0 Å². The predicted octanol–water partition coefficient (Wildman–Crippen LogP) is 4.07. The zero-order valence-electron chi connectivity index (χ0n) is 21.5. The smallest absolute Gasteiger partial charge is 0.407 e. The van der Waals surface area contributed by atoms with Crippen molar-refractivity contribution >= 4 is 44.4 Å². The van der Waals surface area contributed by atoms with Gasteiger partial charge in [0.2, 0.25) is 11.0 Å². The Hall–Kier alpha value is -4.37. The van der Waals surface area contributed by atoms with Crippen LogP contribution in [0.15, 0.2) is 41.6 Å². The highest BCUT2D eigenvalue weighted by Crippen LogP contribution is 2.46. The maximum atomic E-state index is 16.6. The number of hydrogen-bond acceptors (Lipinski definition) is 8. The average Bonchev–Trinajstić information content (AvgIpc) is 3.20. The number of amides is 1. The van der Waals surface area contributed by atoms with Gasteiger partial charge in [-0.15, -0.1) is 0 Å². The zero-order chi connectivity index (χ0) is 27.9. The van der Waals surface area contributed by atoms with Crippen molar-refractivity contribution < 1.29 is 23.2 Å². The van der Waals surface area contributed by atoms with E-state index in [4.69, 9.17) is 4.74 Å². The quantitative estimate of drug-likeness (QED) is 0.362. The summed E-state index contributed by atoms with van der Waals surface area (Å²) in [5.74, 6) is -0.285. The van der Waals surface area contributed by atoms with Crippen LogP contribution in [0.1, 0.15) is 25.3 Å². The molecule has 202 valence electrons. The van der Waals surface area contributed by atoms with Crippen molar-refractivity contribution in [3.8, 4) is 23.2 Å². The van der Waals surface area contributed by atoms with Crippen LogP contribution >= 0.6 is 0 Å². The lowest BCUT2D eigenvalue weighted by atomic mass is 9.97. The van der Waals surface area contributed by atoms with E-state index in [0.717, 1.165) is 5.39 Å². The summed E-state index contributed by atoms with van der Waals surface area (Å²) in [5.41, 5.74) is 0.644. The maximum Gasteiger partial charge on any atom is 0.407 e. The minimum atomic E-state index is -1.63. The van der Waals surface area contributed by atoms with E-state index in [9.17, 15) is 19.4 Å². The summed E-state index contributed by atoms with van der Waals surface area (Å²) in [4.78, 5) is 29.3. The van der Waals surface area contributed by atoms with Crippen LogP contribution in [0.3, 0.4) is 0 Å². The second kappa shape index (κ2) is 8.82. The molecule has 2 aromatic heterocycles. The summed E-state index contributed by atoms with van der Waals surface area (Å²) in [7, 11) is -1.63. The number of hydrogen-bond donors (Lipinski definition) is 1. The van der Waals surface area contributed by atoms with Gasteiger partial charge < -0.3 is 14.7 Å². The van der Waals surface area contributed by atoms with Gasteiger partial charge in [-0.2, -0.15) is 5.26 Å². The van der Waals surface area contributed by atoms with Crippen LogP contribution in [0.25, 0.3) is 32.9 Å². The number of ether oxygens (including phenoxy) is 1. The second-order valence-electron chi connectivity index (χ2n) is 10.4. The van der Waals surface area contributed by atoms with Crippen LogP contribution in [0.2, 0.25) is 0 Å². The first-order chi connectivity index (χ1) is 19.3. The second-order valence-corrected chi connectivity index (χ2v) is 11.6. The molecule has 40 heavy (non-hydrogen) atoms. The predicted molar refractivity (Wildman–Crippen MR) is 145 cm³/mol. The van der Waals surface area contributed by atoms with Crippen molar-refractivity contribution in [2.24, 2.45) is 0 Å². The van der Waals surface area contributed by atoms with Gasteiger partial charge in [-0.1, -0.05) is 30.3 Å². The molecular weight excluding hydrogens is 535 g/mol. The van der Waals surface area contributed by atoms with E-state index in [1.807, 2.05) is 24.0 Å². The third-order valence-corrected chi connectivity index (χ3v) is 8.93. The van der Waals surface area contributed by atoms with Crippen LogP contribution in [-0.4, -0.2) is 72.3 Å². The fourth-order valence-electron chi connectivity index (χ4n) is 6.66. The molecule has 2 fully saturated rings. The lowest BCUT2D eigenvalue weighted by Gasteiger charge is -2.47. The Kier molecular flexibility index (Phi) is 5.44. The molecule has 7 rings (SSSR count). The minimum Gasteiger partial charge on any atom is -0.472 e. The Morgan fingerprint density at radius 1 is 1.18 bits per heavy atom. The molecule has 12 heteroatoms. The number of nitriles is 1. The van der Waals surface area contributed by atoms with E-state index >= 15 is 4.39 Å². The molecule has 2 bridgehead atoms. The summed E-state index contributed by atoms with van der Waals surface area (Å²) in [6.07, 6.45) is 1.26. The molecule has 3 aliphatic rings. The lowest BCUT2D eigenvalue weighted by Crippen LogP contribution is -2.64. The summed E-state index contributed by atoms with van der Waals surface area (Å²) in [6, 6.07) is 11.7. The number of aromatic nitrogens is 3. The van der Waals surface area contributed by atoms with Gasteiger partial charge in [-0.3, -0.25) is 9.11 Å². The standard InChI is InChI=1S/C28H23FN6O4S/c1-13-24-18-10-9-16(35(18)28(36)37)12-34(24)25-20-23(32-27(33-25)40(2)38)21(29)22(31-26(20)39-13)17-8-4-6-14-5-3-7-15(11-30)19(14)17/h3-8,13,16,18,24H,9-10,12H2,1-2H3,(H,36,37). The van der Waals surface area contributed by atoms with Gasteiger partial charge >= 0.3 is 6.09 Å². The molecular formula is C28H23FN6O4S. The molecule has 0 radical (unpaired) electrons. The number of piperazine rings is 1. The number of rotatable bonds is 2. The van der Waals surface area contributed by atoms with E-state index < -0.39 is 34.9 Å². The number of anilines is 1. The number of benzene rings is 2. The fraction of sp³-hybridized carbons (Fsp3) is 0.321. The highest BCUT2D eigenvalue weighted by Gasteiger charge is 2.53. The Bertz CT molecular complexity index is 1820. The van der Waals surface area contributed by atoms with Crippen LogP contribution in [0, 0.1) is 17.1 Å². The first kappa shape index (κ1) is 24.7. The molecule has 5 atom stereocenters. The van der Waals surface area contributed by atoms with E-state index in [-0.39, 0.29) is 39.7 Å². The van der Waals surface area contributed by atoms with Crippen LogP contribution in [-0.2, 0) is 10.8 Å². The van der Waals surface area contributed by atoms with Crippen LogP contribution in [0.4, 0.5) is 15.0 Å². The monoisotopic (exact) mass is 558 g/mol. The number of fused-ring (bicyclic) bond motifs is 6. The third-order valence-electron chi connectivity index (χ3n) is 8.23. The summed E-state index contributed by atoms with van der Waals surface area (Å²) in [6.45, 7) is 2.18. The SMILES string of the molecule is CC1Oc2nc(-c3cccc4cccc(C#N)c34)c(F)c3nc(S(C)=O)nc(c23)N2CC3CCC(C12)N3C(=O)O. The number of carboxylic acid groups (broad SMARTS) is 1. The van der Waals surface area contributed by atoms with Gasteiger partial charge in [0.15, 0.2) is 5.82 Å². The number of carbonyl (C=O) groups is 1. The molecule has 5 heterocycles. The molecule has 0 saturated carbocycles. The molecule has 10 nitrogen and oxygen atoms in total. The molecule has 0 spiro atoms. The van der Waals surface area contributed by atoms with Crippen molar-refractivity contribution in [3.05, 3.63) is 47.8 Å². The van der Waals surface area contributed by atoms with Gasteiger partial charge in [0.05, 0.1) is 40.6 Å². The molecule has 2 saturated heterocycles. The van der Waals surface area contributed by atoms with Crippen molar-refractivity contribution in [2.45, 2.75) is 49.2 Å². The largest absolute Gasteiger partial charge is 0.472 e. The topological polar surface area (TPSA) is 133 Å². The highest BCUT2D eigenvalue weighted by atomic mass is 32.2. The lowest BCUT2D eigenvalue weighted by molar-refractivity contribution is 0.0707. The van der Waals surface area contributed by atoms with Crippen molar-refractivity contribution in [1.82, 2.24) is 19.9 Å². The third kappa shape index (κ3) is 3.40. The summed E-state index contributed by atoms with van der Waals surface area (Å²) < 4.78 is 35.6. The molecule has 1 N–H and O–H groups in total. The number of pyridine rings is 1. The average molecular weight is 559 g/mol. The van der Waals surface area contributed by atoms with Gasteiger partial charge in [-0.25, -0.2) is 24.1 Å². The summed E-state index contributed by atoms with van der Waals surface area (Å²) in [5, 5.41) is 21.3. The molecule has 2 aromatic carbocycles.